The molecule has 5 nitrogen and oxygen atoms in total. The van der Waals surface area contributed by atoms with Gasteiger partial charge < -0.3 is 14.8 Å². The van der Waals surface area contributed by atoms with E-state index in [0.29, 0.717) is 23.7 Å². The Morgan fingerprint density at radius 3 is 2.80 bits per heavy atom. The normalized spacial score (nSPS) is 9.90. The molecule has 104 valence electrons. The SMILES string of the molecule is COc1cccc(C(=O)NCc2cccnc2OC)c1. The topological polar surface area (TPSA) is 60.5 Å². The zero-order chi connectivity index (χ0) is 14.4. The van der Waals surface area contributed by atoms with Gasteiger partial charge in [0.1, 0.15) is 5.75 Å². The van der Waals surface area contributed by atoms with Gasteiger partial charge >= 0.3 is 0 Å². The van der Waals surface area contributed by atoms with Gasteiger partial charge in [-0.1, -0.05) is 12.1 Å². The highest BCUT2D eigenvalue weighted by Crippen LogP contribution is 2.15. The molecule has 0 fully saturated rings. The highest BCUT2D eigenvalue weighted by molar-refractivity contribution is 5.94. The maximum Gasteiger partial charge on any atom is 0.251 e. The molecule has 20 heavy (non-hydrogen) atoms. The first-order valence-electron chi connectivity index (χ1n) is 6.14. The number of pyridine rings is 1. The summed E-state index contributed by atoms with van der Waals surface area (Å²) >= 11 is 0. The lowest BCUT2D eigenvalue weighted by atomic mass is 10.2. The Labute approximate surface area is 117 Å². The highest BCUT2D eigenvalue weighted by Gasteiger charge is 2.08. The molecule has 0 aliphatic carbocycles. The van der Waals surface area contributed by atoms with Gasteiger partial charge in [-0.3, -0.25) is 4.79 Å². The standard InChI is InChI=1S/C15H16N2O3/c1-19-13-7-3-5-11(9-13)14(18)17-10-12-6-4-8-16-15(12)20-2/h3-9H,10H2,1-2H3,(H,17,18). The van der Waals surface area contributed by atoms with Crippen molar-refractivity contribution in [3.63, 3.8) is 0 Å². The number of nitrogens with one attached hydrogen (secondary N) is 1. The molecule has 1 N–H and O–H groups in total. The Hall–Kier alpha value is -2.56. The number of carbonyl (C=O) groups is 1. The lowest BCUT2D eigenvalue weighted by molar-refractivity contribution is 0.0950. The Morgan fingerprint density at radius 1 is 1.20 bits per heavy atom. The highest BCUT2D eigenvalue weighted by atomic mass is 16.5. The summed E-state index contributed by atoms with van der Waals surface area (Å²) in [7, 11) is 3.12. The van der Waals surface area contributed by atoms with E-state index in [2.05, 4.69) is 10.3 Å². The van der Waals surface area contributed by atoms with Crippen LogP contribution in [0.5, 0.6) is 11.6 Å². The van der Waals surface area contributed by atoms with Crippen molar-refractivity contribution < 1.29 is 14.3 Å². The Bertz CT molecular complexity index is 599. The van der Waals surface area contributed by atoms with Gasteiger partial charge in [0, 0.05) is 23.9 Å². The number of carbonyl (C=O) groups excluding carboxylic acids is 1. The van der Waals surface area contributed by atoms with Crippen LogP contribution in [0.1, 0.15) is 15.9 Å². The lowest BCUT2D eigenvalue weighted by Gasteiger charge is -2.09. The molecule has 1 amide bonds. The fraction of sp³-hybridized carbons (Fsp3) is 0.200. The van der Waals surface area contributed by atoms with Gasteiger partial charge in [0.2, 0.25) is 5.88 Å². The first-order valence-corrected chi connectivity index (χ1v) is 6.14. The number of ether oxygens (including phenoxy) is 2. The van der Waals surface area contributed by atoms with Crippen molar-refractivity contribution in [1.29, 1.82) is 0 Å². The van der Waals surface area contributed by atoms with Crippen molar-refractivity contribution in [1.82, 2.24) is 10.3 Å². The molecule has 0 aliphatic rings. The maximum absolute atomic E-state index is 12.1. The summed E-state index contributed by atoms with van der Waals surface area (Å²) in [6.07, 6.45) is 1.65. The minimum absolute atomic E-state index is 0.171. The van der Waals surface area contributed by atoms with Crippen LogP contribution in [-0.4, -0.2) is 25.1 Å². The van der Waals surface area contributed by atoms with Crippen molar-refractivity contribution in [2.45, 2.75) is 6.54 Å². The van der Waals surface area contributed by atoms with Crippen molar-refractivity contribution in [3.05, 3.63) is 53.7 Å². The van der Waals surface area contributed by atoms with E-state index < -0.39 is 0 Å². The molecular weight excluding hydrogens is 256 g/mol. The van der Waals surface area contributed by atoms with Crippen LogP contribution in [0.15, 0.2) is 42.6 Å². The summed E-state index contributed by atoms with van der Waals surface area (Å²) in [6, 6.07) is 10.7. The average Bonchev–Trinajstić information content (AvgIpc) is 2.52. The fourth-order valence-electron chi connectivity index (χ4n) is 1.78. The van der Waals surface area contributed by atoms with Crippen molar-refractivity contribution in [2.24, 2.45) is 0 Å². The van der Waals surface area contributed by atoms with Crippen LogP contribution in [-0.2, 0) is 6.54 Å². The number of methoxy groups -OCH3 is 2. The van der Waals surface area contributed by atoms with E-state index in [1.165, 1.54) is 0 Å². The molecule has 0 saturated heterocycles. The minimum atomic E-state index is -0.171. The first kappa shape index (κ1) is 13.9. The van der Waals surface area contributed by atoms with Gasteiger partial charge in [0.25, 0.3) is 5.91 Å². The molecule has 0 unspecified atom stereocenters. The molecule has 0 bridgehead atoms. The van der Waals surface area contributed by atoms with E-state index >= 15 is 0 Å². The number of benzene rings is 1. The number of amides is 1. The second-order valence-corrected chi connectivity index (χ2v) is 4.09. The molecule has 1 aromatic heterocycles. The summed E-state index contributed by atoms with van der Waals surface area (Å²) in [5.74, 6) is 0.991. The van der Waals surface area contributed by atoms with Gasteiger partial charge in [-0.25, -0.2) is 4.98 Å². The van der Waals surface area contributed by atoms with Crippen LogP contribution >= 0.6 is 0 Å². The molecule has 1 heterocycles. The zero-order valence-corrected chi connectivity index (χ0v) is 11.4. The summed E-state index contributed by atoms with van der Waals surface area (Å²) in [4.78, 5) is 16.1. The van der Waals surface area contributed by atoms with Crippen LogP contribution in [0.3, 0.4) is 0 Å². The van der Waals surface area contributed by atoms with Crippen molar-refractivity contribution in [2.75, 3.05) is 14.2 Å². The first-order chi connectivity index (χ1) is 9.74. The minimum Gasteiger partial charge on any atom is -0.497 e. The van der Waals surface area contributed by atoms with Gasteiger partial charge in [-0.05, 0) is 24.3 Å². The van der Waals surface area contributed by atoms with Crippen LogP contribution < -0.4 is 14.8 Å². The lowest BCUT2D eigenvalue weighted by Crippen LogP contribution is -2.23. The van der Waals surface area contributed by atoms with E-state index in [4.69, 9.17) is 9.47 Å². The number of rotatable bonds is 5. The fourth-order valence-corrected chi connectivity index (χ4v) is 1.78. The van der Waals surface area contributed by atoms with Crippen LogP contribution in [0, 0.1) is 0 Å². The molecule has 0 radical (unpaired) electrons. The summed E-state index contributed by atoms with van der Waals surface area (Å²) in [5.41, 5.74) is 1.37. The molecule has 0 atom stereocenters. The molecule has 5 heteroatoms. The van der Waals surface area contributed by atoms with Gasteiger partial charge in [0.15, 0.2) is 0 Å². The Balaban J connectivity index is 2.04. The summed E-state index contributed by atoms with van der Waals surface area (Å²) in [5, 5.41) is 2.83. The second-order valence-electron chi connectivity index (χ2n) is 4.09. The van der Waals surface area contributed by atoms with E-state index in [0.717, 1.165) is 5.56 Å². The third kappa shape index (κ3) is 3.26. The second kappa shape index (κ2) is 6.56. The van der Waals surface area contributed by atoms with Gasteiger partial charge in [0.05, 0.1) is 14.2 Å². The molecular formula is C15H16N2O3. The number of hydrogen-bond donors (Lipinski definition) is 1. The largest absolute Gasteiger partial charge is 0.497 e. The van der Waals surface area contributed by atoms with E-state index in [9.17, 15) is 4.79 Å². The third-order valence-electron chi connectivity index (χ3n) is 2.81. The van der Waals surface area contributed by atoms with Crippen LogP contribution in [0.4, 0.5) is 0 Å². The quantitative estimate of drug-likeness (QED) is 0.904. The number of hydrogen-bond acceptors (Lipinski definition) is 4. The molecule has 1 aromatic carbocycles. The molecule has 0 saturated carbocycles. The smallest absolute Gasteiger partial charge is 0.251 e. The zero-order valence-electron chi connectivity index (χ0n) is 11.4. The number of nitrogens with zero attached hydrogens (tertiary/aromatic N) is 1. The van der Waals surface area contributed by atoms with E-state index in [1.807, 2.05) is 6.07 Å². The average molecular weight is 272 g/mol. The van der Waals surface area contributed by atoms with Gasteiger partial charge in [-0.2, -0.15) is 0 Å². The molecule has 0 spiro atoms. The van der Waals surface area contributed by atoms with Gasteiger partial charge in [-0.15, -0.1) is 0 Å². The summed E-state index contributed by atoms with van der Waals surface area (Å²) < 4.78 is 10.2. The predicted octanol–water partition coefficient (Wildman–Crippen LogP) is 2.03. The Morgan fingerprint density at radius 2 is 2.05 bits per heavy atom. The van der Waals surface area contributed by atoms with Crippen LogP contribution in [0.2, 0.25) is 0 Å². The molecule has 2 rings (SSSR count). The predicted molar refractivity (Wildman–Crippen MR) is 75.0 cm³/mol. The van der Waals surface area contributed by atoms with Crippen molar-refractivity contribution >= 4 is 5.91 Å². The third-order valence-corrected chi connectivity index (χ3v) is 2.81. The summed E-state index contributed by atoms with van der Waals surface area (Å²) in [6.45, 7) is 0.354. The van der Waals surface area contributed by atoms with Crippen LogP contribution in [0.25, 0.3) is 0 Å². The molecule has 0 aliphatic heterocycles. The maximum atomic E-state index is 12.1. The van der Waals surface area contributed by atoms with E-state index in [-0.39, 0.29) is 5.91 Å². The Kier molecular flexibility index (Phi) is 4.55. The van der Waals surface area contributed by atoms with E-state index in [1.54, 1.807) is 50.7 Å². The number of aromatic nitrogens is 1. The monoisotopic (exact) mass is 272 g/mol. The molecule has 2 aromatic rings. The van der Waals surface area contributed by atoms with Crippen molar-refractivity contribution in [3.8, 4) is 11.6 Å².